The lowest BCUT2D eigenvalue weighted by Crippen LogP contribution is -2.40. The molecule has 25 heteroatoms. The molecule has 10 heterocycles. The van der Waals surface area contributed by atoms with E-state index in [1.807, 2.05) is 137 Å². The highest BCUT2D eigenvalue weighted by Crippen LogP contribution is 2.33. The van der Waals surface area contributed by atoms with Crippen molar-refractivity contribution in [1.29, 1.82) is 0 Å². The topological polar surface area (TPSA) is 291 Å². The lowest BCUT2D eigenvalue weighted by molar-refractivity contribution is -0.124. The van der Waals surface area contributed by atoms with Gasteiger partial charge in [0.2, 0.25) is 23.8 Å². The van der Waals surface area contributed by atoms with E-state index in [0.29, 0.717) is 119 Å². The van der Waals surface area contributed by atoms with Crippen LogP contribution >= 0.6 is 0 Å². The Hall–Kier alpha value is -11.7. The SMILES string of the molecule is CCCCOc1ccnc(-c2ccnc(Nc3ccc4[nH]c(C(=O)N5CCOCC5)cc4c3)n2)c1.CCCOc1ccnc(-c2ccnc(Nc3ccc4c(c3)CC(C(=O)N(C)C)=C4)n2)c1.O=C(c1cc2cc(Nc3nccc(-c4cc(OC5CCCCC5)ccn4)n3)ccc2[nH]1)N1CCOCC1. The molecule has 3 fully saturated rings. The minimum absolute atomic E-state index is 0.00718. The number of aromatic nitrogens is 11. The normalized spacial score (nSPS) is 14.3. The van der Waals surface area contributed by atoms with Gasteiger partial charge in [0.15, 0.2) is 0 Å². The van der Waals surface area contributed by atoms with Gasteiger partial charge >= 0.3 is 0 Å². The number of hydrogen-bond acceptors (Lipinski definition) is 20. The highest BCUT2D eigenvalue weighted by Gasteiger charge is 2.24. The van der Waals surface area contributed by atoms with E-state index < -0.39 is 0 Å². The number of ether oxygens (including phenoxy) is 5. The summed E-state index contributed by atoms with van der Waals surface area (Å²) >= 11 is 0. The Balaban J connectivity index is 0.000000138. The van der Waals surface area contributed by atoms with Gasteiger partial charge in [0.05, 0.1) is 79.9 Å². The number of amides is 3. The largest absolute Gasteiger partial charge is 0.493 e. The summed E-state index contributed by atoms with van der Waals surface area (Å²) in [5.74, 6) is 3.81. The van der Waals surface area contributed by atoms with Gasteiger partial charge in [-0.25, -0.2) is 29.9 Å². The number of likely N-dealkylation sites (N-methyl/N-ethyl adjacent to an activating group) is 1. The van der Waals surface area contributed by atoms with Crippen molar-refractivity contribution in [2.75, 3.05) is 95.9 Å². The van der Waals surface area contributed by atoms with Crippen LogP contribution in [0.1, 0.15) is 97.3 Å². The van der Waals surface area contributed by atoms with Crippen molar-refractivity contribution >= 4 is 80.5 Å². The van der Waals surface area contributed by atoms with Crippen LogP contribution in [0.25, 0.3) is 62.0 Å². The number of rotatable bonds is 21. The van der Waals surface area contributed by atoms with Crippen LogP contribution in [0, 0.1) is 0 Å². The average Bonchev–Trinajstić information content (AvgIpc) is 1.74. The second-order valence-corrected chi connectivity index (χ2v) is 25.5. The van der Waals surface area contributed by atoms with E-state index in [2.05, 4.69) is 84.6 Å². The van der Waals surface area contributed by atoms with E-state index in [1.54, 1.807) is 56.2 Å². The standard InChI is InChI=1S/C28H30N6O3.C26H28N6O3.C24H25N5O2/c35-27(34-12-14-36-15-13-34)26-17-19-16-20(6-7-23(19)32-26)31-28-30-11-9-24(33-28)25-18-22(8-10-29-25)37-21-4-2-1-3-5-21;1-2-3-12-35-20-6-8-27-23(17-20)22-7-9-28-26(31-22)29-19-4-5-21-18(15-19)16-24(30-21)25(33)32-10-13-34-14-11-32;1-4-11-31-20-7-9-25-22(15-20)21-8-10-26-24(28-21)27-19-6-5-16-12-18(13-17(16)14-19)23(30)29(2)3/h6-11,16-18,21,32H,1-5,12-15H2,(H,30,31,33);4-9,15-17,30H,2-3,10-14H2,1H3,(H,28,29,31);5-10,12,14-15H,4,11,13H2,1-3H3,(H,26,27,28). The molecule has 2 aliphatic heterocycles. The Morgan fingerprint density at radius 2 is 0.961 bits per heavy atom. The molecule has 2 aliphatic carbocycles. The molecule has 0 radical (unpaired) electrons. The van der Waals surface area contributed by atoms with E-state index in [4.69, 9.17) is 23.7 Å². The number of carbonyl (C=O) groups is 3. The molecule has 0 atom stereocenters. The third kappa shape index (κ3) is 18.3. The Morgan fingerprint density at radius 3 is 1.45 bits per heavy atom. The van der Waals surface area contributed by atoms with Gasteiger partial charge in [-0.1, -0.05) is 32.8 Å². The molecule has 8 aromatic heterocycles. The van der Waals surface area contributed by atoms with Crippen LogP contribution < -0.4 is 30.2 Å². The van der Waals surface area contributed by atoms with Gasteiger partial charge in [-0.15, -0.1) is 0 Å². The molecule has 528 valence electrons. The number of aromatic amines is 2. The van der Waals surface area contributed by atoms with Gasteiger partial charge in [-0.2, -0.15) is 0 Å². The summed E-state index contributed by atoms with van der Waals surface area (Å²) in [7, 11) is 3.54. The molecule has 4 aliphatic rings. The van der Waals surface area contributed by atoms with Crippen molar-refractivity contribution < 1.29 is 38.1 Å². The molecule has 0 unspecified atom stereocenters. The molecule has 5 N–H and O–H groups in total. The Morgan fingerprint density at radius 1 is 0.505 bits per heavy atom. The van der Waals surface area contributed by atoms with Crippen molar-refractivity contribution in [2.45, 2.75) is 77.7 Å². The molecule has 0 spiro atoms. The number of nitrogens with zero attached hydrogens (tertiary/aromatic N) is 12. The number of carbonyl (C=O) groups excluding carboxylic acids is 3. The van der Waals surface area contributed by atoms with E-state index in [0.717, 1.165) is 122 Å². The first kappa shape index (κ1) is 69.8. The number of nitrogens with one attached hydrogen (secondary N) is 5. The van der Waals surface area contributed by atoms with Gasteiger partial charge in [0.1, 0.15) is 28.6 Å². The summed E-state index contributed by atoms with van der Waals surface area (Å²) in [6.07, 6.45) is 22.2. The molecule has 0 bridgehead atoms. The summed E-state index contributed by atoms with van der Waals surface area (Å²) in [5, 5.41) is 11.7. The predicted molar refractivity (Wildman–Crippen MR) is 396 cm³/mol. The monoisotopic (exact) mass is 1390 g/mol. The summed E-state index contributed by atoms with van der Waals surface area (Å²) in [6.45, 7) is 10.3. The quantitative estimate of drug-likeness (QED) is 0.0418. The molecule has 2 saturated heterocycles. The molecule has 103 heavy (non-hydrogen) atoms. The number of unbranched alkanes of at least 4 members (excludes halogenated alkanes) is 1. The number of pyridine rings is 3. The van der Waals surface area contributed by atoms with Gasteiger partial charge in [0.25, 0.3) is 11.8 Å². The average molecular weight is 1390 g/mol. The zero-order valence-electron chi connectivity index (χ0n) is 58.2. The molecular formula is C78H83N17O8. The Bertz CT molecular complexity index is 4790. The zero-order chi connectivity index (χ0) is 70.9. The van der Waals surface area contributed by atoms with Crippen molar-refractivity contribution in [3.05, 3.63) is 187 Å². The molecule has 1 saturated carbocycles. The highest BCUT2D eigenvalue weighted by atomic mass is 16.5. The van der Waals surface area contributed by atoms with Gasteiger partial charge in [0, 0.05) is 147 Å². The number of benzene rings is 3. The molecule has 3 amide bonds. The van der Waals surface area contributed by atoms with Crippen LogP contribution in [0.4, 0.5) is 34.9 Å². The third-order valence-electron chi connectivity index (χ3n) is 17.6. The Labute approximate surface area is 597 Å². The minimum atomic E-state index is -0.0107. The second kappa shape index (κ2) is 33.6. The minimum Gasteiger partial charge on any atom is -0.493 e. The molecule has 25 nitrogen and oxygen atoms in total. The van der Waals surface area contributed by atoms with E-state index in [-0.39, 0.29) is 23.8 Å². The van der Waals surface area contributed by atoms with E-state index in [1.165, 1.54) is 19.3 Å². The lowest BCUT2D eigenvalue weighted by Gasteiger charge is -2.26. The lowest BCUT2D eigenvalue weighted by atomic mass is 9.98. The van der Waals surface area contributed by atoms with Crippen molar-refractivity contribution in [1.82, 2.24) is 69.5 Å². The van der Waals surface area contributed by atoms with E-state index in [9.17, 15) is 14.4 Å². The molecule has 3 aromatic carbocycles. The van der Waals surface area contributed by atoms with Crippen LogP contribution in [0.15, 0.2) is 164 Å². The first-order valence-corrected chi connectivity index (χ1v) is 35.1. The summed E-state index contributed by atoms with van der Waals surface area (Å²) in [5.41, 5.74) is 12.7. The van der Waals surface area contributed by atoms with Crippen LogP contribution in [0.2, 0.25) is 0 Å². The van der Waals surface area contributed by atoms with Crippen molar-refractivity contribution in [2.24, 2.45) is 0 Å². The number of hydrogen-bond donors (Lipinski definition) is 5. The molecule has 11 aromatic rings. The summed E-state index contributed by atoms with van der Waals surface area (Å²) < 4.78 is 28.4. The number of anilines is 6. The maximum Gasteiger partial charge on any atom is 0.270 e. The van der Waals surface area contributed by atoms with Crippen molar-refractivity contribution in [3.63, 3.8) is 0 Å². The number of fused-ring (bicyclic) bond motifs is 3. The number of morpholine rings is 2. The first-order valence-electron chi connectivity index (χ1n) is 35.1. The van der Waals surface area contributed by atoms with Crippen LogP contribution in [-0.4, -0.2) is 173 Å². The predicted octanol–water partition coefficient (Wildman–Crippen LogP) is 13.5. The van der Waals surface area contributed by atoms with Gasteiger partial charge < -0.3 is 64.3 Å². The fourth-order valence-corrected chi connectivity index (χ4v) is 12.3. The summed E-state index contributed by atoms with van der Waals surface area (Å²) in [4.78, 5) is 89.9. The Kier molecular flexibility index (Phi) is 22.8. The maximum atomic E-state index is 12.8. The van der Waals surface area contributed by atoms with Crippen LogP contribution in [0.5, 0.6) is 17.2 Å². The summed E-state index contributed by atoms with van der Waals surface area (Å²) in [6, 6.07) is 38.3. The van der Waals surface area contributed by atoms with E-state index >= 15 is 0 Å². The smallest absolute Gasteiger partial charge is 0.270 e. The van der Waals surface area contributed by atoms with Gasteiger partial charge in [-0.3, -0.25) is 29.3 Å². The number of H-pyrrole nitrogens is 2. The second-order valence-electron chi connectivity index (χ2n) is 25.5. The molecular weight excluding hydrogens is 1300 g/mol. The third-order valence-corrected chi connectivity index (χ3v) is 17.6. The fourth-order valence-electron chi connectivity index (χ4n) is 12.3. The molecule has 15 rings (SSSR count). The maximum absolute atomic E-state index is 12.8. The zero-order valence-corrected chi connectivity index (χ0v) is 58.2. The van der Waals surface area contributed by atoms with Gasteiger partial charge in [-0.05, 0) is 153 Å². The highest BCUT2D eigenvalue weighted by molar-refractivity contribution is 6.01. The van der Waals surface area contributed by atoms with Crippen molar-refractivity contribution in [3.8, 4) is 51.4 Å². The first-order chi connectivity index (χ1) is 50.4. The fraction of sp³-hybridized carbons (Fsp3) is 0.308. The van der Waals surface area contributed by atoms with Crippen LogP contribution in [-0.2, 0) is 20.7 Å². The van der Waals surface area contributed by atoms with Crippen LogP contribution in [0.3, 0.4) is 0 Å².